The molecule has 0 saturated heterocycles. The third-order valence-corrected chi connectivity index (χ3v) is 4.75. The van der Waals surface area contributed by atoms with E-state index in [4.69, 9.17) is 5.10 Å². The predicted molar refractivity (Wildman–Crippen MR) is 120 cm³/mol. The molecular weight excluding hydrogens is 342 g/mol. The Bertz CT molecular complexity index is 1100. The van der Waals surface area contributed by atoms with Gasteiger partial charge in [0.25, 0.3) is 0 Å². The van der Waals surface area contributed by atoms with Crippen LogP contribution in [0.4, 0.5) is 11.4 Å². The van der Waals surface area contributed by atoms with Crippen LogP contribution in [0.25, 0.3) is 10.8 Å². The Labute approximate surface area is 165 Å². The number of benzene rings is 4. The van der Waals surface area contributed by atoms with Crippen molar-refractivity contribution >= 4 is 27.9 Å². The average molecular weight is 365 g/mol. The van der Waals surface area contributed by atoms with Gasteiger partial charge in [-0.3, -0.25) is 5.43 Å². The first-order valence-corrected chi connectivity index (χ1v) is 9.36. The standard InChI is InChI=1S/C25H23N3/c1-28(2)24-16-13-21(14-17-24)25(20-9-4-3-5-10-20)27-26-23-15-12-19-8-6-7-11-22(19)18-23/h3-18,26H,1-2H3. The lowest BCUT2D eigenvalue weighted by Crippen LogP contribution is -2.10. The zero-order valence-corrected chi connectivity index (χ0v) is 16.1. The number of rotatable bonds is 5. The average Bonchev–Trinajstić information content (AvgIpc) is 2.75. The molecule has 4 aromatic rings. The van der Waals surface area contributed by atoms with Gasteiger partial charge in [0.05, 0.1) is 11.4 Å². The van der Waals surface area contributed by atoms with Gasteiger partial charge >= 0.3 is 0 Å². The van der Waals surface area contributed by atoms with Gasteiger partial charge in [-0.05, 0) is 35.0 Å². The maximum atomic E-state index is 4.77. The summed E-state index contributed by atoms with van der Waals surface area (Å²) in [5.74, 6) is 0. The van der Waals surface area contributed by atoms with Gasteiger partial charge in [-0.15, -0.1) is 0 Å². The molecule has 4 aromatic carbocycles. The van der Waals surface area contributed by atoms with E-state index < -0.39 is 0 Å². The summed E-state index contributed by atoms with van der Waals surface area (Å²) in [6.45, 7) is 0. The van der Waals surface area contributed by atoms with Crippen molar-refractivity contribution in [3.8, 4) is 0 Å². The fourth-order valence-electron chi connectivity index (χ4n) is 3.19. The molecule has 0 saturated carbocycles. The van der Waals surface area contributed by atoms with Crippen LogP contribution in [0.5, 0.6) is 0 Å². The Morgan fingerprint density at radius 3 is 2.04 bits per heavy atom. The Morgan fingerprint density at radius 1 is 0.679 bits per heavy atom. The van der Waals surface area contributed by atoms with Crippen molar-refractivity contribution < 1.29 is 0 Å². The molecule has 0 spiro atoms. The van der Waals surface area contributed by atoms with E-state index >= 15 is 0 Å². The van der Waals surface area contributed by atoms with Gasteiger partial charge in [0.15, 0.2) is 0 Å². The smallest absolute Gasteiger partial charge is 0.0977 e. The molecule has 138 valence electrons. The van der Waals surface area contributed by atoms with Crippen molar-refractivity contribution in [2.45, 2.75) is 0 Å². The summed E-state index contributed by atoms with van der Waals surface area (Å²) >= 11 is 0. The fourth-order valence-corrected chi connectivity index (χ4v) is 3.19. The molecule has 0 heterocycles. The largest absolute Gasteiger partial charge is 0.378 e. The monoisotopic (exact) mass is 365 g/mol. The number of nitrogens with zero attached hydrogens (tertiary/aromatic N) is 2. The highest BCUT2D eigenvalue weighted by molar-refractivity contribution is 6.13. The Hall–Kier alpha value is -3.59. The Morgan fingerprint density at radius 2 is 1.32 bits per heavy atom. The van der Waals surface area contributed by atoms with Gasteiger partial charge in [0.2, 0.25) is 0 Å². The van der Waals surface area contributed by atoms with Crippen LogP contribution in [-0.2, 0) is 0 Å². The third-order valence-electron chi connectivity index (χ3n) is 4.75. The van der Waals surface area contributed by atoms with Crippen molar-refractivity contribution in [2.75, 3.05) is 24.4 Å². The molecule has 0 aliphatic carbocycles. The van der Waals surface area contributed by atoms with Crippen molar-refractivity contribution in [1.82, 2.24) is 0 Å². The van der Waals surface area contributed by atoms with Gasteiger partial charge in [0, 0.05) is 30.9 Å². The second kappa shape index (κ2) is 7.97. The molecule has 0 amide bonds. The highest BCUT2D eigenvalue weighted by Gasteiger charge is 2.08. The number of hydrogen-bond acceptors (Lipinski definition) is 3. The van der Waals surface area contributed by atoms with Gasteiger partial charge in [-0.2, -0.15) is 5.10 Å². The van der Waals surface area contributed by atoms with Crippen molar-refractivity contribution in [1.29, 1.82) is 0 Å². The van der Waals surface area contributed by atoms with Crippen LogP contribution in [-0.4, -0.2) is 19.8 Å². The van der Waals surface area contributed by atoms with Crippen molar-refractivity contribution in [3.05, 3.63) is 108 Å². The SMILES string of the molecule is CN(C)c1ccc(C(=NNc2ccc3ccccc3c2)c2ccccc2)cc1. The van der Waals surface area contributed by atoms with Crippen LogP contribution in [0, 0.1) is 0 Å². The molecule has 0 fully saturated rings. The van der Waals surface area contributed by atoms with E-state index in [2.05, 4.69) is 89.2 Å². The first-order chi connectivity index (χ1) is 13.7. The summed E-state index contributed by atoms with van der Waals surface area (Å²) in [6, 6.07) is 33.3. The maximum absolute atomic E-state index is 4.77. The van der Waals surface area contributed by atoms with E-state index in [0.717, 1.165) is 22.5 Å². The summed E-state index contributed by atoms with van der Waals surface area (Å²) in [5.41, 5.74) is 8.45. The highest BCUT2D eigenvalue weighted by atomic mass is 15.3. The minimum absolute atomic E-state index is 0.916. The maximum Gasteiger partial charge on any atom is 0.0977 e. The van der Waals surface area contributed by atoms with E-state index in [1.807, 2.05) is 32.3 Å². The fraction of sp³-hybridized carbons (Fsp3) is 0.0800. The molecule has 0 radical (unpaired) electrons. The first kappa shape index (κ1) is 17.8. The van der Waals surface area contributed by atoms with Gasteiger partial charge in [0.1, 0.15) is 0 Å². The Balaban J connectivity index is 1.70. The number of hydrogen-bond donors (Lipinski definition) is 1. The third kappa shape index (κ3) is 3.89. The number of anilines is 2. The molecular formula is C25H23N3. The molecule has 0 unspecified atom stereocenters. The Kier molecular flexibility index (Phi) is 5.07. The van der Waals surface area contributed by atoms with Crippen LogP contribution in [0.1, 0.15) is 11.1 Å². The molecule has 0 aliphatic heterocycles. The lowest BCUT2D eigenvalue weighted by atomic mass is 10.0. The number of fused-ring (bicyclic) bond motifs is 1. The summed E-state index contributed by atoms with van der Waals surface area (Å²) in [5, 5.41) is 7.18. The minimum atomic E-state index is 0.916. The summed E-state index contributed by atoms with van der Waals surface area (Å²) in [7, 11) is 4.09. The predicted octanol–water partition coefficient (Wildman–Crippen LogP) is 5.77. The van der Waals surface area contributed by atoms with Crippen LogP contribution < -0.4 is 10.3 Å². The number of nitrogens with one attached hydrogen (secondary N) is 1. The van der Waals surface area contributed by atoms with E-state index in [0.29, 0.717) is 0 Å². The summed E-state index contributed by atoms with van der Waals surface area (Å²) in [4.78, 5) is 2.09. The topological polar surface area (TPSA) is 27.6 Å². The summed E-state index contributed by atoms with van der Waals surface area (Å²) < 4.78 is 0. The van der Waals surface area contributed by atoms with Crippen LogP contribution >= 0.6 is 0 Å². The zero-order chi connectivity index (χ0) is 19.3. The molecule has 4 rings (SSSR count). The van der Waals surface area contributed by atoms with E-state index in [9.17, 15) is 0 Å². The zero-order valence-electron chi connectivity index (χ0n) is 16.1. The van der Waals surface area contributed by atoms with Gasteiger partial charge in [-0.1, -0.05) is 72.8 Å². The molecule has 28 heavy (non-hydrogen) atoms. The molecule has 3 nitrogen and oxygen atoms in total. The van der Waals surface area contributed by atoms with Crippen LogP contribution in [0.3, 0.4) is 0 Å². The molecule has 3 heteroatoms. The first-order valence-electron chi connectivity index (χ1n) is 9.36. The second-order valence-electron chi connectivity index (χ2n) is 6.94. The van der Waals surface area contributed by atoms with Crippen molar-refractivity contribution in [3.63, 3.8) is 0 Å². The normalized spacial score (nSPS) is 11.4. The van der Waals surface area contributed by atoms with Gasteiger partial charge in [-0.25, -0.2) is 0 Å². The van der Waals surface area contributed by atoms with Gasteiger partial charge < -0.3 is 4.90 Å². The van der Waals surface area contributed by atoms with Crippen molar-refractivity contribution in [2.24, 2.45) is 5.10 Å². The molecule has 0 bridgehead atoms. The molecule has 0 aliphatic rings. The van der Waals surface area contributed by atoms with E-state index in [-0.39, 0.29) is 0 Å². The highest BCUT2D eigenvalue weighted by Crippen LogP contribution is 2.20. The second-order valence-corrected chi connectivity index (χ2v) is 6.94. The number of hydrazone groups is 1. The van der Waals surface area contributed by atoms with Crippen LogP contribution in [0.2, 0.25) is 0 Å². The van der Waals surface area contributed by atoms with E-state index in [1.54, 1.807) is 0 Å². The summed E-state index contributed by atoms with van der Waals surface area (Å²) in [6.07, 6.45) is 0. The van der Waals surface area contributed by atoms with Crippen LogP contribution in [0.15, 0.2) is 102 Å². The minimum Gasteiger partial charge on any atom is -0.378 e. The molecule has 1 N–H and O–H groups in total. The van der Waals surface area contributed by atoms with E-state index in [1.165, 1.54) is 16.5 Å². The lowest BCUT2D eigenvalue weighted by Gasteiger charge is -2.14. The quantitative estimate of drug-likeness (QED) is 0.359. The lowest BCUT2D eigenvalue weighted by molar-refractivity contribution is 1.13. The molecule has 0 aromatic heterocycles. The molecule has 0 atom stereocenters.